The molecule has 4 heteroatoms. The molecule has 0 amide bonds. The summed E-state index contributed by atoms with van der Waals surface area (Å²) in [5, 5.41) is 19.7. The molecule has 2 rings (SSSR count). The number of phenols is 2. The van der Waals surface area contributed by atoms with Crippen LogP contribution < -0.4 is 4.74 Å². The summed E-state index contributed by atoms with van der Waals surface area (Å²) in [6, 6.07) is 10.6. The van der Waals surface area contributed by atoms with Gasteiger partial charge in [-0.25, -0.2) is 0 Å². The normalized spacial score (nSPS) is 10.4. The quantitative estimate of drug-likeness (QED) is 0.828. The number of ether oxygens (including phenoxy) is 1. The zero-order chi connectivity index (χ0) is 15.4. The molecule has 0 aliphatic heterocycles. The highest BCUT2D eigenvalue weighted by atomic mass is 16.5. The van der Waals surface area contributed by atoms with E-state index in [0.717, 1.165) is 11.1 Å². The number of phenolic OH excluding ortho intramolecular Hbond substituents is 2. The largest absolute Gasteiger partial charge is 0.507 e. The van der Waals surface area contributed by atoms with E-state index in [1.54, 1.807) is 0 Å². The minimum atomic E-state index is -0.298. The van der Waals surface area contributed by atoms with Gasteiger partial charge in [-0.15, -0.1) is 0 Å². The maximum absolute atomic E-state index is 12.2. The lowest BCUT2D eigenvalue weighted by Crippen LogP contribution is -2.02. The Balaban J connectivity index is 2.12. The molecule has 0 saturated heterocycles. The highest BCUT2D eigenvalue weighted by Gasteiger charge is 2.17. The molecule has 0 aliphatic rings. The lowest BCUT2D eigenvalue weighted by atomic mass is 10.0. The number of rotatable bonds is 5. The average molecular weight is 286 g/mol. The molecule has 2 aromatic rings. The van der Waals surface area contributed by atoms with Crippen molar-refractivity contribution >= 4 is 5.78 Å². The van der Waals surface area contributed by atoms with E-state index in [9.17, 15) is 15.0 Å². The maximum Gasteiger partial charge on any atom is 0.170 e. The SMILES string of the molecule is COc1cc(O)c(C(=O)CCc2ccc(C)cc2)c(O)c1. The van der Waals surface area contributed by atoms with Crippen LogP contribution in [0.15, 0.2) is 36.4 Å². The van der Waals surface area contributed by atoms with E-state index in [4.69, 9.17) is 4.74 Å². The molecule has 0 fully saturated rings. The zero-order valence-corrected chi connectivity index (χ0v) is 12.1. The van der Waals surface area contributed by atoms with Crippen LogP contribution in [0.2, 0.25) is 0 Å². The average Bonchev–Trinajstić information content (AvgIpc) is 2.45. The van der Waals surface area contributed by atoms with E-state index in [1.807, 2.05) is 31.2 Å². The van der Waals surface area contributed by atoms with Gasteiger partial charge in [0.1, 0.15) is 22.8 Å². The van der Waals surface area contributed by atoms with Crippen molar-refractivity contribution in [2.45, 2.75) is 19.8 Å². The minimum absolute atomic E-state index is 0.0529. The fourth-order valence-corrected chi connectivity index (χ4v) is 2.13. The second kappa shape index (κ2) is 6.31. The summed E-state index contributed by atoms with van der Waals surface area (Å²) in [5.74, 6) is -0.519. The van der Waals surface area contributed by atoms with Crippen molar-refractivity contribution in [1.29, 1.82) is 0 Å². The number of hydrogen-bond acceptors (Lipinski definition) is 4. The second-order valence-corrected chi connectivity index (χ2v) is 4.95. The van der Waals surface area contributed by atoms with E-state index in [1.165, 1.54) is 19.2 Å². The van der Waals surface area contributed by atoms with E-state index < -0.39 is 0 Å². The molecule has 0 bridgehead atoms. The zero-order valence-electron chi connectivity index (χ0n) is 12.1. The highest BCUT2D eigenvalue weighted by molar-refractivity contribution is 6.01. The topological polar surface area (TPSA) is 66.8 Å². The number of aromatic hydroxyl groups is 2. The van der Waals surface area contributed by atoms with Crippen LogP contribution in [0.5, 0.6) is 17.2 Å². The van der Waals surface area contributed by atoms with Crippen molar-refractivity contribution < 1.29 is 19.7 Å². The van der Waals surface area contributed by atoms with Crippen LogP contribution in [0.25, 0.3) is 0 Å². The standard InChI is InChI=1S/C17H18O4/c1-11-3-5-12(6-4-11)7-8-14(18)17-15(19)9-13(21-2)10-16(17)20/h3-6,9-10,19-20H,7-8H2,1-2H3. The molecular weight excluding hydrogens is 268 g/mol. The van der Waals surface area contributed by atoms with Gasteiger partial charge >= 0.3 is 0 Å². The minimum Gasteiger partial charge on any atom is -0.507 e. The predicted molar refractivity (Wildman–Crippen MR) is 80.2 cm³/mol. The first kappa shape index (κ1) is 14.9. The molecule has 110 valence electrons. The summed E-state index contributed by atoms with van der Waals surface area (Å²) in [5.41, 5.74) is 2.15. The van der Waals surface area contributed by atoms with E-state index in [-0.39, 0.29) is 29.3 Å². The number of carbonyl (C=O) groups is 1. The van der Waals surface area contributed by atoms with Gasteiger partial charge < -0.3 is 14.9 Å². The molecule has 2 aromatic carbocycles. The summed E-state index contributed by atoms with van der Waals surface area (Å²) in [7, 11) is 1.42. The molecule has 0 saturated carbocycles. The summed E-state index contributed by atoms with van der Waals surface area (Å²) in [6.07, 6.45) is 0.778. The monoisotopic (exact) mass is 286 g/mol. The van der Waals surface area contributed by atoms with Crippen molar-refractivity contribution in [3.63, 3.8) is 0 Å². The van der Waals surface area contributed by atoms with E-state index in [0.29, 0.717) is 12.2 Å². The summed E-state index contributed by atoms with van der Waals surface area (Å²) < 4.78 is 4.92. The molecule has 21 heavy (non-hydrogen) atoms. The van der Waals surface area contributed by atoms with Gasteiger partial charge in [0.25, 0.3) is 0 Å². The lowest BCUT2D eigenvalue weighted by Gasteiger charge is -2.09. The molecule has 0 spiro atoms. The fourth-order valence-electron chi connectivity index (χ4n) is 2.13. The van der Waals surface area contributed by atoms with Crippen LogP contribution in [0.3, 0.4) is 0 Å². The molecule has 0 heterocycles. The highest BCUT2D eigenvalue weighted by Crippen LogP contribution is 2.33. The molecule has 4 nitrogen and oxygen atoms in total. The molecule has 0 aromatic heterocycles. The third kappa shape index (κ3) is 3.54. The Bertz CT molecular complexity index is 621. The number of hydrogen-bond donors (Lipinski definition) is 2. The van der Waals surface area contributed by atoms with Crippen molar-refractivity contribution in [1.82, 2.24) is 0 Å². The van der Waals surface area contributed by atoms with Gasteiger partial charge in [0.2, 0.25) is 0 Å². The van der Waals surface area contributed by atoms with Gasteiger partial charge in [0, 0.05) is 18.6 Å². The Morgan fingerprint density at radius 3 is 2.19 bits per heavy atom. The third-order valence-corrected chi connectivity index (χ3v) is 3.35. The Morgan fingerprint density at radius 1 is 1.10 bits per heavy atom. The Morgan fingerprint density at radius 2 is 1.67 bits per heavy atom. The molecule has 0 atom stereocenters. The molecule has 2 N–H and O–H groups in total. The Kier molecular flexibility index (Phi) is 4.48. The summed E-state index contributed by atoms with van der Waals surface area (Å²) >= 11 is 0. The number of benzene rings is 2. The van der Waals surface area contributed by atoms with Gasteiger partial charge in [0.15, 0.2) is 5.78 Å². The van der Waals surface area contributed by atoms with Crippen LogP contribution in [0.1, 0.15) is 27.9 Å². The first-order chi connectivity index (χ1) is 10.0. The Labute approximate surface area is 123 Å². The van der Waals surface area contributed by atoms with Crippen LogP contribution in [-0.4, -0.2) is 23.1 Å². The number of aryl methyl sites for hydroxylation is 2. The molecular formula is C17H18O4. The van der Waals surface area contributed by atoms with Crippen molar-refractivity contribution in [3.8, 4) is 17.2 Å². The smallest absolute Gasteiger partial charge is 0.170 e. The summed E-state index contributed by atoms with van der Waals surface area (Å²) in [6.45, 7) is 2.00. The first-order valence-corrected chi connectivity index (χ1v) is 6.70. The van der Waals surface area contributed by atoms with Crippen molar-refractivity contribution in [2.75, 3.05) is 7.11 Å². The molecule has 0 aliphatic carbocycles. The summed E-state index contributed by atoms with van der Waals surface area (Å²) in [4.78, 5) is 12.2. The van der Waals surface area contributed by atoms with Crippen LogP contribution >= 0.6 is 0 Å². The van der Waals surface area contributed by atoms with Gasteiger partial charge in [0.05, 0.1) is 7.11 Å². The van der Waals surface area contributed by atoms with E-state index in [2.05, 4.69) is 0 Å². The Hall–Kier alpha value is -2.49. The number of carbonyl (C=O) groups excluding carboxylic acids is 1. The third-order valence-electron chi connectivity index (χ3n) is 3.35. The molecule has 0 unspecified atom stereocenters. The van der Waals surface area contributed by atoms with Crippen LogP contribution in [0, 0.1) is 6.92 Å². The fraction of sp³-hybridized carbons (Fsp3) is 0.235. The predicted octanol–water partition coefficient (Wildman–Crippen LogP) is 3.23. The van der Waals surface area contributed by atoms with Crippen LogP contribution in [0.4, 0.5) is 0 Å². The molecule has 0 radical (unpaired) electrons. The van der Waals surface area contributed by atoms with E-state index >= 15 is 0 Å². The van der Waals surface area contributed by atoms with Gasteiger partial charge in [-0.05, 0) is 18.9 Å². The van der Waals surface area contributed by atoms with Gasteiger partial charge in [-0.2, -0.15) is 0 Å². The number of Topliss-reactive ketones (excluding diaryl/α,β-unsaturated/α-hetero) is 1. The number of ketones is 1. The van der Waals surface area contributed by atoms with Crippen molar-refractivity contribution in [2.24, 2.45) is 0 Å². The van der Waals surface area contributed by atoms with Crippen molar-refractivity contribution in [3.05, 3.63) is 53.1 Å². The van der Waals surface area contributed by atoms with Crippen LogP contribution in [-0.2, 0) is 6.42 Å². The van der Waals surface area contributed by atoms with Gasteiger partial charge in [-0.1, -0.05) is 29.8 Å². The first-order valence-electron chi connectivity index (χ1n) is 6.70. The maximum atomic E-state index is 12.2. The van der Waals surface area contributed by atoms with Gasteiger partial charge in [-0.3, -0.25) is 4.79 Å². The number of methoxy groups -OCH3 is 1. The second-order valence-electron chi connectivity index (χ2n) is 4.95. The lowest BCUT2D eigenvalue weighted by molar-refractivity contribution is 0.0977.